The quantitative estimate of drug-likeness (QED) is 0.613. The molecule has 33 heavy (non-hydrogen) atoms. The highest BCUT2D eigenvalue weighted by molar-refractivity contribution is 7.89. The Kier molecular flexibility index (Phi) is 7.85. The Labute approximate surface area is 196 Å². The number of hydrogen-bond donors (Lipinski definition) is 2. The summed E-state index contributed by atoms with van der Waals surface area (Å²) in [5.41, 5.74) is 2.55. The number of benzene rings is 2. The molecule has 0 bridgehead atoms. The van der Waals surface area contributed by atoms with Crippen LogP contribution in [0.1, 0.15) is 24.8 Å². The molecule has 2 fully saturated rings. The molecule has 9 heteroatoms. The van der Waals surface area contributed by atoms with E-state index in [1.807, 2.05) is 36.4 Å². The van der Waals surface area contributed by atoms with Gasteiger partial charge in [0.1, 0.15) is 0 Å². The van der Waals surface area contributed by atoms with Crippen molar-refractivity contribution in [1.82, 2.24) is 9.62 Å². The number of nitrogens with one attached hydrogen (secondary N) is 2. The van der Waals surface area contributed by atoms with Gasteiger partial charge in [-0.05, 0) is 36.6 Å². The van der Waals surface area contributed by atoms with Crippen LogP contribution >= 0.6 is 0 Å². The van der Waals surface area contributed by atoms with Crippen LogP contribution in [0, 0.1) is 0 Å². The molecule has 1 amide bonds. The van der Waals surface area contributed by atoms with Crippen molar-refractivity contribution in [1.29, 1.82) is 0 Å². The Balaban J connectivity index is 1.50. The van der Waals surface area contributed by atoms with Gasteiger partial charge < -0.3 is 20.3 Å². The van der Waals surface area contributed by atoms with Crippen molar-refractivity contribution in [3.8, 4) is 0 Å². The van der Waals surface area contributed by atoms with Crippen LogP contribution in [0.5, 0.6) is 0 Å². The summed E-state index contributed by atoms with van der Waals surface area (Å²) in [7, 11) is -3.57. The second-order valence-electron chi connectivity index (χ2n) is 8.36. The predicted octanol–water partition coefficient (Wildman–Crippen LogP) is 2.43. The maximum absolute atomic E-state index is 13.2. The lowest BCUT2D eigenvalue weighted by atomic mass is 10.2. The fourth-order valence-corrected chi connectivity index (χ4v) is 5.73. The molecule has 2 aliphatic heterocycles. The zero-order valence-electron chi connectivity index (χ0n) is 18.8. The molecule has 2 aliphatic rings. The van der Waals surface area contributed by atoms with E-state index in [-0.39, 0.29) is 17.3 Å². The summed E-state index contributed by atoms with van der Waals surface area (Å²) >= 11 is 0. The summed E-state index contributed by atoms with van der Waals surface area (Å²) in [6.45, 7) is 4.27. The van der Waals surface area contributed by atoms with Crippen molar-refractivity contribution in [2.45, 2.75) is 30.7 Å². The molecular formula is C24H32N4O4S. The first-order valence-corrected chi connectivity index (χ1v) is 13.0. The van der Waals surface area contributed by atoms with Crippen LogP contribution in [0.2, 0.25) is 0 Å². The lowest BCUT2D eigenvalue weighted by Crippen LogP contribution is -2.37. The Morgan fingerprint density at radius 2 is 1.67 bits per heavy atom. The summed E-state index contributed by atoms with van der Waals surface area (Å²) in [6.07, 6.45) is 2.84. The maximum atomic E-state index is 13.2. The number of hydrogen-bond acceptors (Lipinski definition) is 6. The van der Waals surface area contributed by atoms with Gasteiger partial charge in [-0.25, -0.2) is 8.42 Å². The number of morpholine rings is 1. The van der Waals surface area contributed by atoms with Gasteiger partial charge in [-0.3, -0.25) is 4.79 Å². The van der Waals surface area contributed by atoms with Gasteiger partial charge in [0, 0.05) is 32.7 Å². The van der Waals surface area contributed by atoms with Crippen molar-refractivity contribution in [3.63, 3.8) is 0 Å². The number of piperidine rings is 1. The lowest BCUT2D eigenvalue weighted by Gasteiger charge is -2.31. The van der Waals surface area contributed by atoms with Crippen LogP contribution in [0.15, 0.2) is 53.4 Å². The average molecular weight is 473 g/mol. The Morgan fingerprint density at radius 3 is 2.39 bits per heavy atom. The minimum Gasteiger partial charge on any atom is -0.378 e. The molecule has 2 aromatic carbocycles. The summed E-state index contributed by atoms with van der Waals surface area (Å²) < 4.78 is 33.4. The van der Waals surface area contributed by atoms with E-state index in [2.05, 4.69) is 15.5 Å². The Bertz CT molecular complexity index is 1030. The molecule has 2 N–H and O–H groups in total. The highest BCUT2D eigenvalue weighted by Gasteiger charge is 2.27. The number of carbonyl (C=O) groups excluding carboxylic acids is 1. The SMILES string of the molecule is O=C(CNc1cc(S(=O)(=O)N2CCCCC2)ccc1N1CCOCC1)NCc1ccccc1. The fraction of sp³-hybridized carbons (Fsp3) is 0.458. The third-order valence-corrected chi connectivity index (χ3v) is 7.94. The van der Waals surface area contributed by atoms with Crippen molar-refractivity contribution >= 4 is 27.3 Å². The molecule has 0 radical (unpaired) electrons. The summed E-state index contributed by atoms with van der Waals surface area (Å²) in [5.74, 6) is -0.156. The van der Waals surface area contributed by atoms with Gasteiger partial charge in [0.05, 0.1) is 36.0 Å². The highest BCUT2D eigenvalue weighted by atomic mass is 32.2. The van der Waals surface area contributed by atoms with Crippen LogP contribution in [0.25, 0.3) is 0 Å². The number of amides is 1. The second kappa shape index (κ2) is 11.0. The number of sulfonamides is 1. The molecule has 0 saturated carbocycles. The zero-order chi connectivity index (χ0) is 23.1. The normalized spacial score (nSPS) is 17.5. The molecule has 0 unspecified atom stereocenters. The van der Waals surface area contributed by atoms with Crippen molar-refractivity contribution in [2.75, 3.05) is 56.2 Å². The van der Waals surface area contributed by atoms with Gasteiger partial charge in [-0.15, -0.1) is 0 Å². The van der Waals surface area contributed by atoms with Crippen LogP contribution in [0.4, 0.5) is 11.4 Å². The second-order valence-corrected chi connectivity index (χ2v) is 10.3. The number of rotatable bonds is 8. The number of anilines is 2. The van der Waals surface area contributed by atoms with Gasteiger partial charge in [-0.2, -0.15) is 4.31 Å². The smallest absolute Gasteiger partial charge is 0.243 e. The lowest BCUT2D eigenvalue weighted by molar-refractivity contribution is -0.119. The molecule has 0 spiro atoms. The van der Waals surface area contributed by atoms with E-state index in [0.29, 0.717) is 51.6 Å². The van der Waals surface area contributed by atoms with Gasteiger partial charge in [-0.1, -0.05) is 36.8 Å². The Morgan fingerprint density at radius 1 is 0.939 bits per heavy atom. The van der Waals surface area contributed by atoms with E-state index in [0.717, 1.165) is 30.5 Å². The van der Waals surface area contributed by atoms with Gasteiger partial charge >= 0.3 is 0 Å². The van der Waals surface area contributed by atoms with Gasteiger partial charge in [0.2, 0.25) is 15.9 Å². The van der Waals surface area contributed by atoms with Crippen molar-refractivity contribution in [3.05, 3.63) is 54.1 Å². The summed E-state index contributed by atoms with van der Waals surface area (Å²) in [4.78, 5) is 14.9. The zero-order valence-corrected chi connectivity index (χ0v) is 19.6. The Hall–Kier alpha value is -2.62. The molecule has 0 aliphatic carbocycles. The van der Waals surface area contributed by atoms with E-state index >= 15 is 0 Å². The predicted molar refractivity (Wildman–Crippen MR) is 129 cm³/mol. The molecule has 178 valence electrons. The highest BCUT2D eigenvalue weighted by Crippen LogP contribution is 2.31. The van der Waals surface area contributed by atoms with Gasteiger partial charge in [0.25, 0.3) is 0 Å². The molecular weight excluding hydrogens is 440 g/mol. The van der Waals surface area contributed by atoms with Crippen LogP contribution < -0.4 is 15.5 Å². The molecule has 2 heterocycles. The van der Waals surface area contributed by atoms with E-state index in [9.17, 15) is 13.2 Å². The number of carbonyl (C=O) groups is 1. The summed E-state index contributed by atoms with van der Waals surface area (Å²) in [6, 6.07) is 14.9. The summed E-state index contributed by atoms with van der Waals surface area (Å²) in [5, 5.41) is 6.09. The first-order chi connectivity index (χ1) is 16.0. The average Bonchev–Trinajstić information content (AvgIpc) is 2.87. The number of ether oxygens (including phenoxy) is 1. The van der Waals surface area contributed by atoms with Crippen LogP contribution in [-0.2, 0) is 26.1 Å². The monoisotopic (exact) mass is 472 g/mol. The van der Waals surface area contributed by atoms with Gasteiger partial charge in [0.15, 0.2) is 0 Å². The minimum atomic E-state index is -3.57. The van der Waals surface area contributed by atoms with E-state index in [1.165, 1.54) is 0 Å². The minimum absolute atomic E-state index is 0.0530. The third kappa shape index (κ3) is 6.04. The van der Waals surface area contributed by atoms with Crippen LogP contribution in [0.3, 0.4) is 0 Å². The molecule has 2 aromatic rings. The molecule has 0 aromatic heterocycles. The molecule has 0 atom stereocenters. The standard InChI is InChI=1S/C24H32N4O4S/c29-24(26-18-20-7-3-1-4-8-20)19-25-22-17-21(33(30,31)28-11-5-2-6-12-28)9-10-23(22)27-13-15-32-16-14-27/h1,3-4,7-10,17,25H,2,5-6,11-16,18-19H2,(H,26,29). The van der Waals surface area contributed by atoms with E-state index in [4.69, 9.17) is 4.74 Å². The third-order valence-electron chi connectivity index (χ3n) is 6.04. The van der Waals surface area contributed by atoms with Crippen molar-refractivity contribution in [2.24, 2.45) is 0 Å². The maximum Gasteiger partial charge on any atom is 0.243 e. The molecule has 2 saturated heterocycles. The van der Waals surface area contributed by atoms with Crippen LogP contribution in [-0.4, -0.2) is 64.6 Å². The van der Waals surface area contributed by atoms with E-state index in [1.54, 1.807) is 16.4 Å². The first kappa shape index (κ1) is 23.5. The van der Waals surface area contributed by atoms with E-state index < -0.39 is 10.0 Å². The van der Waals surface area contributed by atoms with Crippen molar-refractivity contribution < 1.29 is 17.9 Å². The molecule has 4 rings (SSSR count). The fourth-order valence-electron chi connectivity index (χ4n) is 4.19. The molecule has 8 nitrogen and oxygen atoms in total. The first-order valence-electron chi connectivity index (χ1n) is 11.6. The largest absolute Gasteiger partial charge is 0.378 e. The topological polar surface area (TPSA) is 91.0 Å². The number of nitrogens with zero attached hydrogens (tertiary/aromatic N) is 2.